The highest BCUT2D eigenvalue weighted by Crippen LogP contribution is 2.27. The molecule has 2 aromatic rings. The molecule has 0 radical (unpaired) electrons. The molecule has 0 aliphatic heterocycles. The highest BCUT2D eigenvalue weighted by atomic mass is 19.1. The Balaban J connectivity index is 2.25. The van der Waals surface area contributed by atoms with Gasteiger partial charge in [-0.15, -0.1) is 0 Å². The standard InChI is InChI=1S/C16H14FNO3/c1-10-3-5-13(17)8-14(10)21-16-11(2)7-12(9-18-16)4-6-15(19)20/h3-9H,1-2H3,(H,19,20)/b6-4+. The number of halogens is 1. The number of pyridine rings is 1. The van der Waals surface area contributed by atoms with Crippen molar-refractivity contribution in [2.75, 3.05) is 0 Å². The topological polar surface area (TPSA) is 59.4 Å². The fourth-order valence-corrected chi connectivity index (χ4v) is 1.74. The predicted octanol–water partition coefficient (Wildman–Crippen LogP) is 3.73. The van der Waals surface area contributed by atoms with Crippen LogP contribution < -0.4 is 4.74 Å². The van der Waals surface area contributed by atoms with E-state index >= 15 is 0 Å². The van der Waals surface area contributed by atoms with Crippen LogP contribution in [0.15, 0.2) is 36.5 Å². The summed E-state index contributed by atoms with van der Waals surface area (Å²) in [7, 11) is 0. The van der Waals surface area contributed by atoms with E-state index in [4.69, 9.17) is 9.84 Å². The first-order chi connectivity index (χ1) is 9.95. The van der Waals surface area contributed by atoms with Crippen LogP contribution in [-0.4, -0.2) is 16.1 Å². The summed E-state index contributed by atoms with van der Waals surface area (Å²) < 4.78 is 18.8. The number of carboxylic acid groups (broad SMARTS) is 1. The second kappa shape index (κ2) is 6.17. The smallest absolute Gasteiger partial charge is 0.328 e. The van der Waals surface area contributed by atoms with Crippen LogP contribution in [0.4, 0.5) is 4.39 Å². The fourth-order valence-electron chi connectivity index (χ4n) is 1.74. The molecule has 1 heterocycles. The SMILES string of the molecule is Cc1ccc(F)cc1Oc1ncc(/C=C/C(=O)O)cc1C. The minimum atomic E-state index is -1.02. The van der Waals surface area contributed by atoms with E-state index in [-0.39, 0.29) is 5.82 Å². The van der Waals surface area contributed by atoms with Crippen LogP contribution in [0, 0.1) is 19.7 Å². The number of rotatable bonds is 4. The summed E-state index contributed by atoms with van der Waals surface area (Å²) in [5.74, 6) is -0.645. The number of nitrogens with zero attached hydrogens (tertiary/aromatic N) is 1. The van der Waals surface area contributed by atoms with Crippen LogP contribution in [0.2, 0.25) is 0 Å². The van der Waals surface area contributed by atoms with Crippen molar-refractivity contribution >= 4 is 12.0 Å². The van der Waals surface area contributed by atoms with E-state index in [1.807, 2.05) is 6.92 Å². The third kappa shape index (κ3) is 3.89. The number of carbonyl (C=O) groups is 1. The number of ether oxygens (including phenoxy) is 1. The first kappa shape index (κ1) is 14.7. The van der Waals surface area contributed by atoms with Gasteiger partial charge < -0.3 is 9.84 Å². The van der Waals surface area contributed by atoms with Gasteiger partial charge in [-0.1, -0.05) is 6.07 Å². The Hall–Kier alpha value is -2.69. The molecule has 1 aromatic heterocycles. The molecule has 2 rings (SSSR count). The molecule has 1 aromatic carbocycles. The zero-order valence-electron chi connectivity index (χ0n) is 11.6. The maximum atomic E-state index is 13.2. The van der Waals surface area contributed by atoms with Crippen LogP contribution >= 0.6 is 0 Å². The Bertz CT molecular complexity index is 711. The quantitative estimate of drug-likeness (QED) is 0.870. The Labute approximate surface area is 121 Å². The number of aliphatic carboxylic acids is 1. The summed E-state index contributed by atoms with van der Waals surface area (Å²) in [6.45, 7) is 3.60. The summed E-state index contributed by atoms with van der Waals surface area (Å²) in [4.78, 5) is 14.6. The van der Waals surface area contributed by atoms with Crippen molar-refractivity contribution < 1.29 is 19.0 Å². The minimum absolute atomic E-state index is 0.358. The highest BCUT2D eigenvalue weighted by Gasteiger charge is 2.07. The van der Waals surface area contributed by atoms with E-state index in [2.05, 4.69) is 4.98 Å². The van der Waals surface area contributed by atoms with Crippen molar-refractivity contribution in [1.82, 2.24) is 4.98 Å². The Morgan fingerprint density at radius 2 is 2.05 bits per heavy atom. The second-order valence-electron chi connectivity index (χ2n) is 4.57. The zero-order valence-corrected chi connectivity index (χ0v) is 11.6. The molecule has 0 aliphatic rings. The van der Waals surface area contributed by atoms with Crippen LogP contribution in [0.5, 0.6) is 11.6 Å². The van der Waals surface area contributed by atoms with Gasteiger partial charge in [0.2, 0.25) is 5.88 Å². The van der Waals surface area contributed by atoms with Crippen LogP contribution in [0.1, 0.15) is 16.7 Å². The van der Waals surface area contributed by atoms with E-state index in [1.54, 1.807) is 19.1 Å². The van der Waals surface area contributed by atoms with Crippen molar-refractivity contribution in [2.24, 2.45) is 0 Å². The summed E-state index contributed by atoms with van der Waals surface area (Å²) in [5.41, 5.74) is 2.18. The molecule has 0 spiro atoms. The van der Waals surface area contributed by atoms with Crippen molar-refractivity contribution in [3.63, 3.8) is 0 Å². The van der Waals surface area contributed by atoms with Gasteiger partial charge >= 0.3 is 5.97 Å². The Morgan fingerprint density at radius 1 is 1.29 bits per heavy atom. The van der Waals surface area contributed by atoms with Gasteiger partial charge in [-0.3, -0.25) is 0 Å². The first-order valence-corrected chi connectivity index (χ1v) is 6.27. The lowest BCUT2D eigenvalue weighted by Gasteiger charge is -2.10. The molecule has 5 heteroatoms. The lowest BCUT2D eigenvalue weighted by Crippen LogP contribution is -1.95. The molecule has 0 amide bonds. The van der Waals surface area contributed by atoms with Crippen molar-refractivity contribution in [1.29, 1.82) is 0 Å². The molecule has 0 aliphatic carbocycles. The highest BCUT2D eigenvalue weighted by molar-refractivity contribution is 5.85. The maximum Gasteiger partial charge on any atom is 0.328 e. The lowest BCUT2D eigenvalue weighted by molar-refractivity contribution is -0.131. The van der Waals surface area contributed by atoms with Crippen molar-refractivity contribution in [3.05, 3.63) is 59.0 Å². The third-order valence-electron chi connectivity index (χ3n) is 2.83. The lowest BCUT2D eigenvalue weighted by atomic mass is 10.2. The predicted molar refractivity (Wildman–Crippen MR) is 76.9 cm³/mol. The monoisotopic (exact) mass is 287 g/mol. The van der Waals surface area contributed by atoms with Gasteiger partial charge in [0.15, 0.2) is 0 Å². The molecule has 0 saturated carbocycles. The number of hydrogen-bond acceptors (Lipinski definition) is 3. The molecule has 4 nitrogen and oxygen atoms in total. The van der Waals surface area contributed by atoms with E-state index in [0.29, 0.717) is 17.2 Å². The third-order valence-corrected chi connectivity index (χ3v) is 2.83. The molecule has 21 heavy (non-hydrogen) atoms. The molecule has 0 saturated heterocycles. The molecule has 1 N–H and O–H groups in total. The number of carboxylic acids is 1. The molecular weight excluding hydrogens is 273 g/mol. The summed E-state index contributed by atoms with van der Waals surface area (Å²) >= 11 is 0. The Morgan fingerprint density at radius 3 is 2.71 bits per heavy atom. The molecule has 108 valence electrons. The van der Waals surface area contributed by atoms with E-state index in [1.165, 1.54) is 24.4 Å². The largest absolute Gasteiger partial charge is 0.478 e. The molecule has 0 atom stereocenters. The van der Waals surface area contributed by atoms with Crippen LogP contribution in [-0.2, 0) is 4.79 Å². The first-order valence-electron chi connectivity index (χ1n) is 6.27. The Kier molecular flexibility index (Phi) is 4.33. The zero-order chi connectivity index (χ0) is 15.4. The molecular formula is C16H14FNO3. The fraction of sp³-hybridized carbons (Fsp3) is 0.125. The number of hydrogen-bond donors (Lipinski definition) is 1. The van der Waals surface area contributed by atoms with Crippen molar-refractivity contribution in [3.8, 4) is 11.6 Å². The molecule has 0 fully saturated rings. The summed E-state index contributed by atoms with van der Waals surface area (Å²) in [6, 6.07) is 6.04. The van der Waals surface area contributed by atoms with Gasteiger partial charge in [0.05, 0.1) is 0 Å². The van der Waals surface area contributed by atoms with Gasteiger partial charge in [0, 0.05) is 23.9 Å². The van der Waals surface area contributed by atoms with E-state index in [9.17, 15) is 9.18 Å². The van der Waals surface area contributed by atoms with Gasteiger partial charge in [-0.05, 0) is 43.2 Å². The van der Waals surface area contributed by atoms with Gasteiger partial charge in [0.25, 0.3) is 0 Å². The number of aryl methyl sites for hydroxylation is 2. The van der Waals surface area contributed by atoms with Gasteiger partial charge in [-0.2, -0.15) is 0 Å². The average molecular weight is 287 g/mol. The summed E-state index contributed by atoms with van der Waals surface area (Å²) in [6.07, 6.45) is 3.98. The van der Waals surface area contributed by atoms with Crippen LogP contribution in [0.25, 0.3) is 6.08 Å². The molecule has 0 unspecified atom stereocenters. The second-order valence-corrected chi connectivity index (χ2v) is 4.57. The van der Waals surface area contributed by atoms with Crippen molar-refractivity contribution in [2.45, 2.75) is 13.8 Å². The molecule has 0 bridgehead atoms. The van der Waals surface area contributed by atoms with Gasteiger partial charge in [-0.25, -0.2) is 14.2 Å². The van der Waals surface area contributed by atoms with E-state index in [0.717, 1.165) is 17.2 Å². The average Bonchev–Trinajstić information content (AvgIpc) is 2.43. The number of benzene rings is 1. The minimum Gasteiger partial charge on any atom is -0.478 e. The van der Waals surface area contributed by atoms with Gasteiger partial charge in [0.1, 0.15) is 11.6 Å². The van der Waals surface area contributed by atoms with E-state index < -0.39 is 5.97 Å². The maximum absolute atomic E-state index is 13.2. The normalized spacial score (nSPS) is 10.8. The number of aromatic nitrogens is 1. The van der Waals surface area contributed by atoms with Crippen LogP contribution in [0.3, 0.4) is 0 Å². The summed E-state index contributed by atoms with van der Waals surface area (Å²) in [5, 5.41) is 8.58.